The quantitative estimate of drug-likeness (QED) is 0.377. The molecule has 1 saturated heterocycles. The van der Waals surface area contributed by atoms with Crippen molar-refractivity contribution in [2.45, 2.75) is 18.5 Å². The molecule has 5 heteroatoms. The Morgan fingerprint density at radius 1 is 1.42 bits per heavy atom. The maximum Gasteiger partial charge on any atom is 0.0920 e. The predicted molar refractivity (Wildman–Crippen MR) is 46.3 cm³/mol. The maximum absolute atomic E-state index is 8.77. The first-order valence-electron chi connectivity index (χ1n) is 4.20. The van der Waals surface area contributed by atoms with Crippen molar-refractivity contribution < 1.29 is 5.21 Å². The fourth-order valence-corrected chi connectivity index (χ4v) is 1.41. The molecule has 72 valence electrons. The Kier molecular flexibility index (Phi) is 3.03. The molecular weight excluding hydrogens is 156 g/mol. The fraction of sp³-hybridized carbons (Fsp3) is 1.00. The number of nitrogens with two attached hydrogens (primary N) is 1. The molecule has 0 aliphatic carbocycles. The Morgan fingerprint density at radius 2 is 1.92 bits per heavy atom. The molecule has 1 heterocycles. The van der Waals surface area contributed by atoms with E-state index < -0.39 is 5.66 Å². The highest BCUT2D eigenvalue weighted by Crippen LogP contribution is 2.16. The number of hydrazine groups is 1. The molecule has 1 aliphatic heterocycles. The molecule has 5 nitrogen and oxygen atoms in total. The van der Waals surface area contributed by atoms with Gasteiger partial charge in [0, 0.05) is 27.2 Å². The van der Waals surface area contributed by atoms with Gasteiger partial charge in [0.1, 0.15) is 0 Å². The fourth-order valence-electron chi connectivity index (χ4n) is 1.41. The van der Waals surface area contributed by atoms with E-state index in [1.807, 2.05) is 14.1 Å². The lowest BCUT2D eigenvalue weighted by molar-refractivity contribution is -0.0483. The topological polar surface area (TPSA) is 64.8 Å². The minimum absolute atomic E-state index is 0.577. The van der Waals surface area contributed by atoms with Crippen molar-refractivity contribution in [2.75, 3.05) is 27.2 Å². The SMILES string of the molecule is CN(C)N1CCC(N)(NO)CC1. The van der Waals surface area contributed by atoms with Crippen LogP contribution in [0.1, 0.15) is 12.8 Å². The van der Waals surface area contributed by atoms with Gasteiger partial charge in [0.2, 0.25) is 0 Å². The first-order valence-corrected chi connectivity index (χ1v) is 4.20. The van der Waals surface area contributed by atoms with Crippen LogP contribution in [0, 0.1) is 0 Å². The molecule has 0 aromatic carbocycles. The molecule has 0 aromatic heterocycles. The van der Waals surface area contributed by atoms with Crippen LogP contribution in [0.5, 0.6) is 0 Å². The molecule has 0 radical (unpaired) electrons. The Morgan fingerprint density at radius 3 is 2.25 bits per heavy atom. The van der Waals surface area contributed by atoms with Crippen LogP contribution in [0.3, 0.4) is 0 Å². The first kappa shape index (κ1) is 9.88. The van der Waals surface area contributed by atoms with E-state index in [1.54, 1.807) is 0 Å². The lowest BCUT2D eigenvalue weighted by Crippen LogP contribution is -2.60. The van der Waals surface area contributed by atoms with E-state index in [4.69, 9.17) is 10.9 Å². The molecule has 0 unspecified atom stereocenters. The zero-order chi connectivity index (χ0) is 9.19. The summed E-state index contributed by atoms with van der Waals surface area (Å²) in [7, 11) is 4.02. The summed E-state index contributed by atoms with van der Waals surface area (Å²) in [6.45, 7) is 1.77. The lowest BCUT2D eigenvalue weighted by atomic mass is 10.00. The van der Waals surface area contributed by atoms with Crippen molar-refractivity contribution in [2.24, 2.45) is 5.73 Å². The van der Waals surface area contributed by atoms with Crippen molar-refractivity contribution in [1.82, 2.24) is 15.5 Å². The van der Waals surface area contributed by atoms with Gasteiger partial charge >= 0.3 is 0 Å². The van der Waals surface area contributed by atoms with Gasteiger partial charge in [0.15, 0.2) is 0 Å². The van der Waals surface area contributed by atoms with Gasteiger partial charge in [-0.15, -0.1) is 0 Å². The predicted octanol–water partition coefficient (Wildman–Crippen LogP) is -0.807. The van der Waals surface area contributed by atoms with E-state index in [0.29, 0.717) is 0 Å². The molecule has 1 rings (SSSR count). The monoisotopic (exact) mass is 174 g/mol. The third-order valence-corrected chi connectivity index (χ3v) is 2.42. The van der Waals surface area contributed by atoms with Crippen LogP contribution >= 0.6 is 0 Å². The van der Waals surface area contributed by atoms with Gasteiger partial charge < -0.3 is 10.9 Å². The molecule has 0 amide bonds. The number of hydrogen-bond donors (Lipinski definition) is 3. The highest BCUT2D eigenvalue weighted by atomic mass is 16.5. The number of piperidine rings is 1. The standard InChI is InChI=1S/C7H18N4O/c1-10(2)11-5-3-7(8,9-12)4-6-11/h9,12H,3-6,8H2,1-2H3. The molecule has 0 spiro atoms. The summed E-state index contributed by atoms with van der Waals surface area (Å²) in [6.07, 6.45) is 1.53. The number of hydroxylamine groups is 1. The third-order valence-electron chi connectivity index (χ3n) is 2.42. The Labute approximate surface area is 73.1 Å². The zero-order valence-corrected chi connectivity index (χ0v) is 7.75. The summed E-state index contributed by atoms with van der Waals surface area (Å²) in [5.41, 5.74) is 7.41. The number of hydrogen-bond acceptors (Lipinski definition) is 5. The van der Waals surface area contributed by atoms with Gasteiger partial charge in [-0.1, -0.05) is 0 Å². The number of rotatable bonds is 2. The minimum Gasteiger partial charge on any atom is -0.315 e. The Bertz CT molecular complexity index is 142. The molecule has 1 aliphatic rings. The van der Waals surface area contributed by atoms with Gasteiger partial charge in [-0.05, 0) is 12.8 Å². The average molecular weight is 174 g/mol. The van der Waals surface area contributed by atoms with Gasteiger partial charge in [-0.3, -0.25) is 0 Å². The van der Waals surface area contributed by atoms with Crippen molar-refractivity contribution >= 4 is 0 Å². The lowest BCUT2D eigenvalue weighted by Gasteiger charge is -2.40. The largest absolute Gasteiger partial charge is 0.315 e. The third kappa shape index (κ3) is 2.15. The molecule has 0 atom stereocenters. The van der Waals surface area contributed by atoms with Crippen LogP contribution < -0.4 is 11.2 Å². The molecular formula is C7H18N4O. The van der Waals surface area contributed by atoms with Gasteiger partial charge in [-0.25, -0.2) is 10.0 Å². The van der Waals surface area contributed by atoms with Crippen LogP contribution in [-0.4, -0.2) is 48.1 Å². The molecule has 12 heavy (non-hydrogen) atoms. The van der Waals surface area contributed by atoms with E-state index in [0.717, 1.165) is 25.9 Å². The Hall–Kier alpha value is -0.200. The maximum atomic E-state index is 8.77. The van der Waals surface area contributed by atoms with Gasteiger partial charge in [-0.2, -0.15) is 5.48 Å². The van der Waals surface area contributed by atoms with Crippen LogP contribution in [0.2, 0.25) is 0 Å². The van der Waals surface area contributed by atoms with Gasteiger partial charge in [0.25, 0.3) is 0 Å². The van der Waals surface area contributed by atoms with Crippen LogP contribution in [0.25, 0.3) is 0 Å². The van der Waals surface area contributed by atoms with Crippen LogP contribution in [-0.2, 0) is 0 Å². The van der Waals surface area contributed by atoms with E-state index in [1.165, 1.54) is 0 Å². The normalized spacial score (nSPS) is 24.8. The van der Waals surface area contributed by atoms with E-state index in [2.05, 4.69) is 15.5 Å². The summed E-state index contributed by atoms with van der Waals surface area (Å²) >= 11 is 0. The van der Waals surface area contributed by atoms with Crippen molar-refractivity contribution in [3.05, 3.63) is 0 Å². The zero-order valence-electron chi connectivity index (χ0n) is 7.75. The number of nitrogens with zero attached hydrogens (tertiary/aromatic N) is 2. The molecule has 0 saturated carbocycles. The molecule has 0 aromatic rings. The van der Waals surface area contributed by atoms with Gasteiger partial charge in [0.05, 0.1) is 5.66 Å². The summed E-state index contributed by atoms with van der Waals surface area (Å²) in [5.74, 6) is 0. The minimum atomic E-state index is -0.577. The summed E-state index contributed by atoms with van der Waals surface area (Å²) in [5, 5.41) is 13.0. The summed E-state index contributed by atoms with van der Waals surface area (Å²) in [4.78, 5) is 0. The molecule has 4 N–H and O–H groups in total. The average Bonchev–Trinajstić information content (AvgIpc) is 2.05. The van der Waals surface area contributed by atoms with Crippen molar-refractivity contribution in [1.29, 1.82) is 0 Å². The van der Waals surface area contributed by atoms with Crippen molar-refractivity contribution in [3.63, 3.8) is 0 Å². The van der Waals surface area contributed by atoms with E-state index in [-0.39, 0.29) is 0 Å². The first-order chi connectivity index (χ1) is 5.57. The second kappa shape index (κ2) is 3.68. The van der Waals surface area contributed by atoms with E-state index in [9.17, 15) is 0 Å². The second-order valence-corrected chi connectivity index (χ2v) is 3.57. The highest BCUT2D eigenvalue weighted by Gasteiger charge is 2.30. The van der Waals surface area contributed by atoms with Crippen LogP contribution in [0.15, 0.2) is 0 Å². The van der Waals surface area contributed by atoms with Crippen molar-refractivity contribution in [3.8, 4) is 0 Å². The highest BCUT2D eigenvalue weighted by molar-refractivity contribution is 4.84. The smallest absolute Gasteiger partial charge is 0.0920 e. The Balaban J connectivity index is 2.39. The summed E-state index contributed by atoms with van der Waals surface area (Å²) < 4.78 is 0. The molecule has 0 bridgehead atoms. The second-order valence-electron chi connectivity index (χ2n) is 3.57. The summed E-state index contributed by atoms with van der Waals surface area (Å²) in [6, 6.07) is 0. The van der Waals surface area contributed by atoms with E-state index >= 15 is 0 Å². The van der Waals surface area contributed by atoms with Crippen LogP contribution in [0.4, 0.5) is 0 Å². The number of nitrogens with one attached hydrogen (secondary N) is 1. The molecule has 1 fully saturated rings.